The molecule has 0 heterocycles. The molecule has 0 aromatic heterocycles. The van der Waals surface area contributed by atoms with Crippen molar-refractivity contribution < 1.29 is 4.74 Å². The number of ether oxygens (including phenoxy) is 1. The molecule has 1 aromatic carbocycles. The molecule has 0 unspecified atom stereocenters. The monoisotopic (exact) mass is 278 g/mol. The van der Waals surface area contributed by atoms with Crippen molar-refractivity contribution in [2.24, 2.45) is 4.99 Å². The minimum atomic E-state index is 0.665. The Bertz CT molecular complexity index is 418. The highest BCUT2D eigenvalue weighted by atomic mass is 16.5. The molecule has 0 amide bonds. The molecule has 0 bridgehead atoms. The second kappa shape index (κ2) is 9.34. The lowest BCUT2D eigenvalue weighted by Gasteiger charge is -2.16. The number of aliphatic imine (C=N–C) groups is 1. The van der Waals surface area contributed by atoms with Crippen LogP contribution in [0.3, 0.4) is 0 Å². The minimum absolute atomic E-state index is 0.665. The smallest absolute Gasteiger partial charge is 0.191 e. The number of guanidine groups is 1. The summed E-state index contributed by atoms with van der Waals surface area (Å²) >= 11 is 0. The molecule has 0 saturated carbocycles. The van der Waals surface area contributed by atoms with E-state index in [2.05, 4.69) is 58.9 Å². The number of hydrogen-bond acceptors (Lipinski definition) is 3. The molecule has 1 aromatic rings. The Morgan fingerprint density at radius 2 is 1.90 bits per heavy atom. The van der Waals surface area contributed by atoms with Crippen LogP contribution in [0.25, 0.3) is 0 Å². The second-order valence-corrected chi connectivity index (χ2v) is 4.85. The predicted octanol–water partition coefficient (Wildman–Crippen LogP) is 1.06. The average Bonchev–Trinajstić information content (AvgIpc) is 2.43. The molecule has 2 N–H and O–H groups in total. The Balaban J connectivity index is 2.55. The highest BCUT2D eigenvalue weighted by Crippen LogP contribution is 2.10. The number of methoxy groups -OCH3 is 1. The van der Waals surface area contributed by atoms with Crippen LogP contribution in [0, 0.1) is 0 Å². The highest BCUT2D eigenvalue weighted by Gasteiger charge is 2.04. The Kier molecular flexibility index (Phi) is 7.69. The zero-order valence-corrected chi connectivity index (χ0v) is 12.9. The molecule has 0 atom stereocenters. The fraction of sp³-hybridized carbons (Fsp3) is 0.533. The maximum absolute atomic E-state index is 5.01. The Labute approximate surface area is 122 Å². The van der Waals surface area contributed by atoms with E-state index in [1.165, 1.54) is 11.1 Å². The minimum Gasteiger partial charge on any atom is -0.383 e. The summed E-state index contributed by atoms with van der Waals surface area (Å²) in [5.74, 6) is 0.793. The van der Waals surface area contributed by atoms with Gasteiger partial charge < -0.3 is 20.3 Å². The van der Waals surface area contributed by atoms with Crippen molar-refractivity contribution in [1.29, 1.82) is 0 Å². The molecule has 112 valence electrons. The van der Waals surface area contributed by atoms with Crippen molar-refractivity contribution in [1.82, 2.24) is 15.5 Å². The van der Waals surface area contributed by atoms with Crippen molar-refractivity contribution in [2.45, 2.75) is 13.1 Å². The van der Waals surface area contributed by atoms with E-state index in [4.69, 9.17) is 4.74 Å². The van der Waals surface area contributed by atoms with E-state index >= 15 is 0 Å². The van der Waals surface area contributed by atoms with E-state index in [1.54, 1.807) is 14.2 Å². The zero-order valence-electron chi connectivity index (χ0n) is 12.9. The van der Waals surface area contributed by atoms with Crippen LogP contribution in [0.2, 0.25) is 0 Å². The van der Waals surface area contributed by atoms with Crippen LogP contribution in [-0.4, -0.2) is 52.3 Å². The molecular formula is C15H26N4O. The molecule has 0 aliphatic rings. The van der Waals surface area contributed by atoms with Crippen molar-refractivity contribution in [3.63, 3.8) is 0 Å². The van der Waals surface area contributed by atoms with Crippen molar-refractivity contribution in [3.8, 4) is 0 Å². The van der Waals surface area contributed by atoms with Gasteiger partial charge in [0.05, 0.1) is 6.61 Å². The molecule has 0 radical (unpaired) electrons. The molecule has 0 aliphatic carbocycles. The number of nitrogens with zero attached hydrogens (tertiary/aromatic N) is 2. The summed E-state index contributed by atoms with van der Waals surface area (Å²) in [4.78, 5) is 6.37. The lowest BCUT2D eigenvalue weighted by atomic mass is 10.1. The predicted molar refractivity (Wildman–Crippen MR) is 83.9 cm³/mol. The largest absolute Gasteiger partial charge is 0.383 e. The number of benzene rings is 1. The first kappa shape index (κ1) is 16.5. The van der Waals surface area contributed by atoms with Gasteiger partial charge in [0.1, 0.15) is 0 Å². The van der Waals surface area contributed by atoms with E-state index in [-0.39, 0.29) is 0 Å². The van der Waals surface area contributed by atoms with E-state index in [1.807, 2.05) is 0 Å². The van der Waals surface area contributed by atoms with Crippen LogP contribution in [0.1, 0.15) is 11.1 Å². The van der Waals surface area contributed by atoms with Gasteiger partial charge in [-0.25, -0.2) is 0 Å². The fourth-order valence-electron chi connectivity index (χ4n) is 1.90. The first-order chi connectivity index (χ1) is 9.67. The lowest BCUT2D eigenvalue weighted by molar-refractivity contribution is 0.203. The van der Waals surface area contributed by atoms with Crippen LogP contribution in [0.15, 0.2) is 29.3 Å². The number of hydrogen-bond donors (Lipinski definition) is 2. The van der Waals surface area contributed by atoms with Gasteiger partial charge >= 0.3 is 0 Å². The van der Waals surface area contributed by atoms with Crippen molar-refractivity contribution in [2.75, 3.05) is 41.4 Å². The normalized spacial score (nSPS) is 11.8. The van der Waals surface area contributed by atoms with E-state index in [0.29, 0.717) is 6.61 Å². The van der Waals surface area contributed by atoms with Gasteiger partial charge in [-0.3, -0.25) is 4.99 Å². The second-order valence-electron chi connectivity index (χ2n) is 4.85. The topological polar surface area (TPSA) is 48.9 Å². The van der Waals surface area contributed by atoms with Gasteiger partial charge in [0.25, 0.3) is 0 Å². The molecule has 5 heteroatoms. The fourth-order valence-corrected chi connectivity index (χ4v) is 1.90. The maximum atomic E-state index is 5.01. The van der Waals surface area contributed by atoms with Gasteiger partial charge in [-0.15, -0.1) is 0 Å². The highest BCUT2D eigenvalue weighted by molar-refractivity contribution is 5.79. The third kappa shape index (κ3) is 6.04. The molecule has 0 saturated heterocycles. The van der Waals surface area contributed by atoms with Crippen LogP contribution in [-0.2, 0) is 17.8 Å². The summed E-state index contributed by atoms with van der Waals surface area (Å²) in [5.41, 5.74) is 2.62. The van der Waals surface area contributed by atoms with Gasteiger partial charge in [0.15, 0.2) is 5.96 Å². The standard InChI is InChI=1S/C15H26N4O/c1-16-15(17-9-10-20-4)18-11-13-7-5-6-8-14(13)12-19(2)3/h5-8H,9-12H2,1-4H3,(H2,16,17,18). The van der Waals surface area contributed by atoms with E-state index in [9.17, 15) is 0 Å². The zero-order chi connectivity index (χ0) is 14.8. The number of rotatable bonds is 7. The van der Waals surface area contributed by atoms with Crippen molar-refractivity contribution in [3.05, 3.63) is 35.4 Å². The SMILES string of the molecule is CN=C(NCCOC)NCc1ccccc1CN(C)C. The molecule has 0 spiro atoms. The molecular weight excluding hydrogens is 252 g/mol. The summed E-state index contributed by atoms with van der Waals surface area (Å²) < 4.78 is 5.01. The van der Waals surface area contributed by atoms with Gasteiger partial charge in [-0.05, 0) is 25.2 Å². The van der Waals surface area contributed by atoms with Crippen LogP contribution in [0.4, 0.5) is 0 Å². The van der Waals surface area contributed by atoms with Crippen LogP contribution in [0.5, 0.6) is 0 Å². The Hall–Kier alpha value is -1.59. The van der Waals surface area contributed by atoms with Crippen LogP contribution >= 0.6 is 0 Å². The average molecular weight is 278 g/mol. The molecule has 1 rings (SSSR count). The third-order valence-corrected chi connectivity index (χ3v) is 2.87. The summed E-state index contributed by atoms with van der Waals surface area (Å²) in [7, 11) is 7.62. The first-order valence-electron chi connectivity index (χ1n) is 6.82. The summed E-state index contributed by atoms with van der Waals surface area (Å²) in [6, 6.07) is 8.46. The Morgan fingerprint density at radius 1 is 1.20 bits per heavy atom. The summed E-state index contributed by atoms with van der Waals surface area (Å²) in [5, 5.41) is 6.53. The molecule has 0 aliphatic heterocycles. The Morgan fingerprint density at radius 3 is 2.50 bits per heavy atom. The van der Waals surface area contributed by atoms with E-state index < -0.39 is 0 Å². The van der Waals surface area contributed by atoms with E-state index in [0.717, 1.165) is 25.6 Å². The van der Waals surface area contributed by atoms with Gasteiger partial charge in [0.2, 0.25) is 0 Å². The lowest BCUT2D eigenvalue weighted by Crippen LogP contribution is -2.38. The summed E-state index contributed by atoms with van der Waals surface area (Å²) in [6.07, 6.45) is 0. The third-order valence-electron chi connectivity index (χ3n) is 2.87. The van der Waals surface area contributed by atoms with Gasteiger partial charge in [-0.1, -0.05) is 24.3 Å². The maximum Gasteiger partial charge on any atom is 0.191 e. The first-order valence-corrected chi connectivity index (χ1v) is 6.82. The van der Waals surface area contributed by atoms with Gasteiger partial charge in [0, 0.05) is 33.8 Å². The number of nitrogens with one attached hydrogen (secondary N) is 2. The quantitative estimate of drug-likeness (QED) is 0.445. The molecule has 20 heavy (non-hydrogen) atoms. The van der Waals surface area contributed by atoms with Crippen molar-refractivity contribution >= 4 is 5.96 Å². The van der Waals surface area contributed by atoms with Gasteiger partial charge in [-0.2, -0.15) is 0 Å². The molecule has 5 nitrogen and oxygen atoms in total. The summed E-state index contributed by atoms with van der Waals surface area (Å²) in [6.45, 7) is 3.11. The van der Waals surface area contributed by atoms with Crippen LogP contribution < -0.4 is 10.6 Å². The molecule has 0 fully saturated rings.